The van der Waals surface area contributed by atoms with E-state index in [9.17, 15) is 5.11 Å². The number of nitrogens with one attached hydrogen (secondary N) is 1. The topological polar surface area (TPSA) is 45.2 Å². The molecule has 0 saturated carbocycles. The fraction of sp³-hybridized carbons (Fsp3) is 1.00. The Morgan fingerprint density at radius 3 is 1.86 bits per heavy atom. The Morgan fingerprint density at radius 1 is 0.857 bits per heavy atom. The molecule has 0 radical (unpaired) electrons. The van der Waals surface area contributed by atoms with Crippen molar-refractivity contribution in [3.05, 3.63) is 0 Å². The average Bonchev–Trinajstić information content (AvgIpc) is 2.48. The molecule has 0 aromatic rings. The predicted octanol–water partition coefficient (Wildman–Crippen LogP) is -1.22. The average molecular weight is 299 g/mol. The van der Waals surface area contributed by atoms with E-state index in [4.69, 9.17) is 0 Å². The number of hydrogen-bond acceptors (Lipinski definition) is 6. The van der Waals surface area contributed by atoms with Gasteiger partial charge in [-0.2, -0.15) is 0 Å². The summed E-state index contributed by atoms with van der Waals surface area (Å²) in [5, 5.41) is 12.9. The zero-order chi connectivity index (χ0) is 15.1. The lowest BCUT2D eigenvalue weighted by Gasteiger charge is -2.38. The molecule has 0 spiro atoms. The molecule has 2 fully saturated rings. The molecule has 2 saturated heterocycles. The molecule has 0 amide bonds. The standard InChI is InChI=1S/C15H33N5O/c1-3-16-15(21)14-20-12-10-19(11-13-20)9-8-18-6-4-17(2)5-7-18/h15-16,21H,3-14H2,1-2H3. The molecule has 6 heteroatoms. The van der Waals surface area contributed by atoms with E-state index in [1.807, 2.05) is 6.92 Å². The van der Waals surface area contributed by atoms with Gasteiger partial charge in [-0.05, 0) is 13.6 Å². The Kier molecular flexibility index (Phi) is 7.36. The molecular formula is C15H33N5O. The summed E-state index contributed by atoms with van der Waals surface area (Å²) in [5.41, 5.74) is 0. The molecule has 1 unspecified atom stereocenters. The molecule has 21 heavy (non-hydrogen) atoms. The minimum absolute atomic E-state index is 0.383. The second kappa shape index (κ2) is 9.02. The van der Waals surface area contributed by atoms with Gasteiger partial charge in [0.05, 0.1) is 0 Å². The molecule has 0 aromatic heterocycles. The maximum atomic E-state index is 9.79. The van der Waals surface area contributed by atoms with Crippen LogP contribution in [0, 0.1) is 0 Å². The summed E-state index contributed by atoms with van der Waals surface area (Å²) in [6.07, 6.45) is -0.383. The highest BCUT2D eigenvalue weighted by Gasteiger charge is 2.20. The molecule has 2 heterocycles. The van der Waals surface area contributed by atoms with E-state index in [2.05, 4.69) is 32.0 Å². The van der Waals surface area contributed by atoms with Crippen LogP contribution in [0.5, 0.6) is 0 Å². The van der Waals surface area contributed by atoms with Crippen LogP contribution in [0.1, 0.15) is 6.92 Å². The van der Waals surface area contributed by atoms with Gasteiger partial charge in [0.2, 0.25) is 0 Å². The first-order valence-corrected chi connectivity index (χ1v) is 8.44. The van der Waals surface area contributed by atoms with E-state index in [1.54, 1.807) is 0 Å². The van der Waals surface area contributed by atoms with Crippen molar-refractivity contribution in [2.24, 2.45) is 0 Å². The van der Waals surface area contributed by atoms with Gasteiger partial charge >= 0.3 is 0 Å². The van der Waals surface area contributed by atoms with Crippen molar-refractivity contribution in [3.8, 4) is 0 Å². The second-order valence-electron chi connectivity index (χ2n) is 6.36. The van der Waals surface area contributed by atoms with Gasteiger partial charge in [0.15, 0.2) is 0 Å². The van der Waals surface area contributed by atoms with E-state index in [1.165, 1.54) is 39.3 Å². The summed E-state index contributed by atoms with van der Waals surface area (Å²) in [6.45, 7) is 15.2. The van der Waals surface area contributed by atoms with Crippen LogP contribution in [0.2, 0.25) is 0 Å². The Labute approximate surface area is 129 Å². The van der Waals surface area contributed by atoms with Crippen molar-refractivity contribution in [1.82, 2.24) is 24.9 Å². The number of β-amino-alcohol motifs (C(OH)–C–C–N with tert-alkyl or cyclic N) is 1. The molecule has 124 valence electrons. The number of nitrogens with zero attached hydrogens (tertiary/aromatic N) is 4. The minimum Gasteiger partial charge on any atom is -0.377 e. The molecule has 2 rings (SSSR count). The highest BCUT2D eigenvalue weighted by molar-refractivity contribution is 4.76. The van der Waals surface area contributed by atoms with Crippen LogP contribution in [0.15, 0.2) is 0 Å². The van der Waals surface area contributed by atoms with E-state index in [0.29, 0.717) is 0 Å². The van der Waals surface area contributed by atoms with Crippen LogP contribution in [0.4, 0.5) is 0 Å². The Morgan fingerprint density at radius 2 is 1.33 bits per heavy atom. The zero-order valence-electron chi connectivity index (χ0n) is 13.8. The van der Waals surface area contributed by atoms with Gasteiger partial charge in [0, 0.05) is 72.0 Å². The second-order valence-corrected chi connectivity index (χ2v) is 6.36. The lowest BCUT2D eigenvalue weighted by Crippen LogP contribution is -2.52. The van der Waals surface area contributed by atoms with Crippen molar-refractivity contribution in [2.75, 3.05) is 85.6 Å². The van der Waals surface area contributed by atoms with Crippen molar-refractivity contribution >= 4 is 0 Å². The molecule has 0 aliphatic carbocycles. The summed E-state index contributed by atoms with van der Waals surface area (Å²) < 4.78 is 0. The van der Waals surface area contributed by atoms with E-state index < -0.39 is 0 Å². The van der Waals surface area contributed by atoms with Gasteiger partial charge in [0.1, 0.15) is 6.23 Å². The number of aliphatic hydroxyl groups is 1. The summed E-state index contributed by atoms with van der Waals surface area (Å²) in [5.74, 6) is 0. The molecule has 2 aliphatic rings. The van der Waals surface area contributed by atoms with Gasteiger partial charge in [-0.15, -0.1) is 0 Å². The molecule has 2 N–H and O–H groups in total. The highest BCUT2D eigenvalue weighted by atomic mass is 16.3. The number of hydrogen-bond donors (Lipinski definition) is 2. The van der Waals surface area contributed by atoms with Gasteiger partial charge in [0.25, 0.3) is 0 Å². The first kappa shape index (κ1) is 17.1. The Balaban J connectivity index is 1.56. The molecule has 0 bridgehead atoms. The lowest BCUT2D eigenvalue weighted by atomic mass is 10.3. The third-order valence-corrected chi connectivity index (χ3v) is 4.66. The molecule has 2 aliphatic heterocycles. The van der Waals surface area contributed by atoms with Crippen LogP contribution in [-0.4, -0.2) is 117 Å². The summed E-state index contributed by atoms with van der Waals surface area (Å²) in [7, 11) is 2.21. The van der Waals surface area contributed by atoms with Crippen LogP contribution in [0.25, 0.3) is 0 Å². The Hall–Kier alpha value is -0.240. The van der Waals surface area contributed by atoms with Crippen LogP contribution in [0.3, 0.4) is 0 Å². The summed E-state index contributed by atoms with van der Waals surface area (Å²) in [6, 6.07) is 0. The quantitative estimate of drug-likeness (QED) is 0.575. The highest BCUT2D eigenvalue weighted by Crippen LogP contribution is 2.04. The zero-order valence-corrected chi connectivity index (χ0v) is 13.8. The fourth-order valence-electron chi connectivity index (χ4n) is 3.09. The first-order chi connectivity index (χ1) is 10.2. The monoisotopic (exact) mass is 299 g/mol. The first-order valence-electron chi connectivity index (χ1n) is 8.44. The van der Waals surface area contributed by atoms with Crippen LogP contribution < -0.4 is 5.32 Å². The number of aliphatic hydroxyl groups excluding tert-OH is 1. The summed E-state index contributed by atoms with van der Waals surface area (Å²) >= 11 is 0. The Bertz CT molecular complexity index is 275. The number of piperazine rings is 2. The normalized spacial score (nSPS) is 25.3. The van der Waals surface area contributed by atoms with Crippen LogP contribution >= 0.6 is 0 Å². The van der Waals surface area contributed by atoms with Gasteiger partial charge in [-0.25, -0.2) is 0 Å². The molecular weight excluding hydrogens is 266 g/mol. The van der Waals surface area contributed by atoms with Crippen molar-refractivity contribution < 1.29 is 5.11 Å². The van der Waals surface area contributed by atoms with Crippen molar-refractivity contribution in [1.29, 1.82) is 0 Å². The minimum atomic E-state index is -0.383. The van der Waals surface area contributed by atoms with E-state index in [0.717, 1.165) is 39.3 Å². The number of rotatable bonds is 7. The fourth-order valence-corrected chi connectivity index (χ4v) is 3.09. The van der Waals surface area contributed by atoms with Gasteiger partial charge in [-0.3, -0.25) is 20.0 Å². The third-order valence-electron chi connectivity index (χ3n) is 4.66. The smallest absolute Gasteiger partial charge is 0.117 e. The molecule has 6 nitrogen and oxygen atoms in total. The van der Waals surface area contributed by atoms with E-state index in [-0.39, 0.29) is 6.23 Å². The predicted molar refractivity (Wildman–Crippen MR) is 86.5 cm³/mol. The lowest BCUT2D eigenvalue weighted by molar-refractivity contribution is 0.0519. The number of likely N-dealkylation sites (N-methyl/N-ethyl adjacent to an activating group) is 2. The molecule has 1 atom stereocenters. The van der Waals surface area contributed by atoms with Crippen molar-refractivity contribution in [2.45, 2.75) is 13.2 Å². The molecule has 0 aromatic carbocycles. The van der Waals surface area contributed by atoms with Crippen molar-refractivity contribution in [3.63, 3.8) is 0 Å². The van der Waals surface area contributed by atoms with E-state index >= 15 is 0 Å². The van der Waals surface area contributed by atoms with Gasteiger partial charge < -0.3 is 10.0 Å². The van der Waals surface area contributed by atoms with Crippen LogP contribution in [-0.2, 0) is 0 Å². The maximum Gasteiger partial charge on any atom is 0.117 e. The third kappa shape index (κ3) is 6.18. The summed E-state index contributed by atoms with van der Waals surface area (Å²) in [4.78, 5) is 9.92. The maximum absolute atomic E-state index is 9.79. The SMILES string of the molecule is CCNC(O)CN1CCN(CCN2CCN(C)CC2)CC1. The largest absolute Gasteiger partial charge is 0.377 e. The van der Waals surface area contributed by atoms with Gasteiger partial charge in [-0.1, -0.05) is 6.92 Å².